The number of halogens is 3. The van der Waals surface area contributed by atoms with Gasteiger partial charge in [-0.05, 0) is 36.4 Å². The summed E-state index contributed by atoms with van der Waals surface area (Å²) in [6.07, 6.45) is 0. The van der Waals surface area contributed by atoms with Crippen LogP contribution in [0.1, 0.15) is 0 Å². The van der Waals surface area contributed by atoms with Crippen LogP contribution in [0.4, 0.5) is 13.2 Å². The molecule has 1 aromatic heterocycles. The Labute approximate surface area is 149 Å². The Morgan fingerprint density at radius 2 is 1.52 bits per heavy atom. The lowest BCUT2D eigenvalue weighted by atomic mass is 10.1. The number of hydrogen-bond donors (Lipinski definition) is 3. The van der Waals surface area contributed by atoms with Gasteiger partial charge in [-0.2, -0.15) is 13.2 Å². The molecule has 142 valence electrons. The van der Waals surface area contributed by atoms with E-state index in [4.69, 9.17) is 0 Å². The highest BCUT2D eigenvalue weighted by molar-refractivity contribution is 7.92. The molecule has 0 saturated heterocycles. The largest absolute Gasteiger partial charge is 0.508 e. The van der Waals surface area contributed by atoms with Gasteiger partial charge in [0.15, 0.2) is 5.75 Å². The van der Waals surface area contributed by atoms with Crippen molar-refractivity contribution in [1.29, 1.82) is 0 Å². The van der Waals surface area contributed by atoms with Crippen molar-refractivity contribution in [3.8, 4) is 23.1 Å². The summed E-state index contributed by atoms with van der Waals surface area (Å²) in [7, 11) is -5.89. The maximum Gasteiger partial charge on any atom is 0.501 e. The summed E-state index contributed by atoms with van der Waals surface area (Å²) in [4.78, 5) is 11.1. The molecule has 1 heterocycles. The van der Waals surface area contributed by atoms with Gasteiger partial charge < -0.3 is 15.3 Å². The van der Waals surface area contributed by atoms with Crippen molar-refractivity contribution in [3.05, 3.63) is 52.8 Å². The smallest absolute Gasteiger partial charge is 0.501 e. The Morgan fingerprint density at radius 1 is 0.926 bits per heavy atom. The Hall–Kier alpha value is -3.21. The Balaban J connectivity index is 2.46. The molecule has 0 aliphatic rings. The molecule has 0 amide bonds. The molecule has 3 aromatic rings. The second-order valence-electron chi connectivity index (χ2n) is 5.46. The second kappa shape index (κ2) is 5.91. The van der Waals surface area contributed by atoms with Crippen LogP contribution in [-0.4, -0.2) is 33.8 Å². The van der Waals surface area contributed by atoms with Gasteiger partial charge >= 0.3 is 11.1 Å². The number of benzene rings is 2. The van der Waals surface area contributed by atoms with Gasteiger partial charge in [0, 0.05) is 5.39 Å². The molecule has 2 aromatic carbocycles. The molecular formula is C16H10F3NO6S. The summed E-state index contributed by atoms with van der Waals surface area (Å²) >= 11 is 0. The van der Waals surface area contributed by atoms with E-state index in [2.05, 4.69) is 0 Å². The maximum absolute atomic E-state index is 12.9. The van der Waals surface area contributed by atoms with Gasteiger partial charge in [-0.1, -0.05) is 6.07 Å². The molecule has 0 aliphatic carbocycles. The standard InChI is InChI=1S/C16H10F3NO6S/c17-16(18,19)27(25,26)11-3-1-2-10-12(11)13(22)15(24)20(14(10)23)8-4-6-9(21)7-5-8/h1-7,21-23H. The third-order valence-corrected chi connectivity index (χ3v) is 5.35. The van der Waals surface area contributed by atoms with E-state index >= 15 is 0 Å². The number of hydrogen-bond acceptors (Lipinski definition) is 6. The number of pyridine rings is 1. The number of sulfone groups is 1. The fraction of sp³-hybridized carbons (Fsp3) is 0.0625. The topological polar surface area (TPSA) is 117 Å². The predicted molar refractivity (Wildman–Crippen MR) is 87.8 cm³/mol. The lowest BCUT2D eigenvalue weighted by Crippen LogP contribution is -2.24. The van der Waals surface area contributed by atoms with Gasteiger partial charge in [0.25, 0.3) is 9.84 Å². The van der Waals surface area contributed by atoms with Crippen LogP contribution < -0.4 is 5.56 Å². The first-order valence-electron chi connectivity index (χ1n) is 7.17. The van der Waals surface area contributed by atoms with Crippen LogP contribution in [0.25, 0.3) is 16.5 Å². The summed E-state index contributed by atoms with van der Waals surface area (Å²) in [5.41, 5.74) is -7.03. The second-order valence-corrected chi connectivity index (χ2v) is 7.37. The van der Waals surface area contributed by atoms with Crippen LogP contribution >= 0.6 is 0 Å². The van der Waals surface area contributed by atoms with Crippen molar-refractivity contribution in [1.82, 2.24) is 4.57 Å². The molecule has 0 fully saturated rings. The zero-order valence-electron chi connectivity index (χ0n) is 13.1. The fourth-order valence-corrected chi connectivity index (χ4v) is 3.56. The minimum atomic E-state index is -5.89. The molecule has 3 N–H and O–H groups in total. The fourth-order valence-electron chi connectivity index (χ4n) is 2.58. The number of phenolic OH excluding ortho intramolecular Hbond substituents is 1. The van der Waals surface area contributed by atoms with Crippen LogP contribution in [0.5, 0.6) is 17.4 Å². The van der Waals surface area contributed by atoms with Crippen LogP contribution in [0.3, 0.4) is 0 Å². The lowest BCUT2D eigenvalue weighted by Gasteiger charge is -2.15. The van der Waals surface area contributed by atoms with Crippen molar-refractivity contribution in [2.75, 3.05) is 0 Å². The van der Waals surface area contributed by atoms with E-state index in [1.165, 1.54) is 24.3 Å². The lowest BCUT2D eigenvalue weighted by molar-refractivity contribution is -0.0435. The van der Waals surface area contributed by atoms with Crippen molar-refractivity contribution in [2.45, 2.75) is 10.4 Å². The minimum Gasteiger partial charge on any atom is -0.508 e. The first kappa shape index (κ1) is 18.6. The number of alkyl halides is 3. The molecule has 0 atom stereocenters. The zero-order valence-corrected chi connectivity index (χ0v) is 13.9. The van der Waals surface area contributed by atoms with Crippen molar-refractivity contribution in [2.24, 2.45) is 0 Å². The van der Waals surface area contributed by atoms with Crippen molar-refractivity contribution in [3.63, 3.8) is 0 Å². The van der Waals surface area contributed by atoms with E-state index in [0.29, 0.717) is 10.6 Å². The molecule has 27 heavy (non-hydrogen) atoms. The predicted octanol–water partition coefficient (Wildman–Crippen LogP) is 2.40. The third kappa shape index (κ3) is 2.76. The van der Waals surface area contributed by atoms with Crippen LogP contribution in [-0.2, 0) is 9.84 Å². The highest BCUT2D eigenvalue weighted by Crippen LogP contribution is 2.39. The molecule has 0 saturated carbocycles. The normalized spacial score (nSPS) is 12.4. The number of aromatic nitrogens is 1. The van der Waals surface area contributed by atoms with Crippen molar-refractivity contribution >= 4 is 20.6 Å². The number of nitrogens with zero attached hydrogens (tertiary/aromatic N) is 1. The maximum atomic E-state index is 12.9. The van der Waals surface area contributed by atoms with E-state index in [1.54, 1.807) is 0 Å². The van der Waals surface area contributed by atoms with E-state index in [9.17, 15) is 41.7 Å². The quantitative estimate of drug-likeness (QED) is 0.607. The van der Waals surface area contributed by atoms with Crippen LogP contribution in [0, 0.1) is 0 Å². The molecule has 0 bridgehead atoms. The Bertz CT molecular complexity index is 1210. The van der Waals surface area contributed by atoms with E-state index in [-0.39, 0.29) is 11.4 Å². The highest BCUT2D eigenvalue weighted by atomic mass is 32.2. The number of aromatic hydroxyl groups is 3. The summed E-state index contributed by atoms with van der Waals surface area (Å²) in [5.74, 6) is -2.31. The SMILES string of the molecule is O=c1c(O)c2c(S(=O)(=O)C(F)(F)F)cccc2c(O)n1-c1ccc(O)cc1. The molecular weight excluding hydrogens is 391 g/mol. The molecule has 0 radical (unpaired) electrons. The summed E-state index contributed by atoms with van der Waals surface area (Å²) in [6.45, 7) is 0. The molecule has 0 aliphatic heterocycles. The molecule has 0 spiro atoms. The first-order chi connectivity index (χ1) is 12.5. The van der Waals surface area contributed by atoms with Crippen LogP contribution in [0.15, 0.2) is 52.2 Å². The van der Waals surface area contributed by atoms with E-state index in [0.717, 1.165) is 12.1 Å². The molecule has 3 rings (SSSR count). The summed E-state index contributed by atoms with van der Waals surface area (Å²) in [5, 5.41) is 28.4. The summed E-state index contributed by atoms with van der Waals surface area (Å²) < 4.78 is 62.9. The van der Waals surface area contributed by atoms with Gasteiger partial charge in [0.05, 0.1) is 16.0 Å². The van der Waals surface area contributed by atoms with Gasteiger partial charge in [0.2, 0.25) is 5.88 Å². The number of phenols is 1. The zero-order chi connectivity index (χ0) is 20.1. The monoisotopic (exact) mass is 401 g/mol. The summed E-state index contributed by atoms with van der Waals surface area (Å²) in [6, 6.07) is 7.33. The van der Waals surface area contributed by atoms with Gasteiger partial charge in [-0.15, -0.1) is 0 Å². The average Bonchev–Trinajstić information content (AvgIpc) is 2.60. The van der Waals surface area contributed by atoms with Gasteiger partial charge in [-0.3, -0.25) is 4.79 Å². The van der Waals surface area contributed by atoms with E-state index in [1.807, 2.05) is 0 Å². The van der Waals surface area contributed by atoms with Crippen molar-refractivity contribution < 1.29 is 36.9 Å². The van der Waals surface area contributed by atoms with Crippen LogP contribution in [0.2, 0.25) is 0 Å². The third-order valence-electron chi connectivity index (χ3n) is 3.82. The number of rotatable bonds is 2. The van der Waals surface area contributed by atoms with E-state index < -0.39 is 48.2 Å². The number of fused-ring (bicyclic) bond motifs is 1. The molecule has 0 unspecified atom stereocenters. The van der Waals surface area contributed by atoms with Gasteiger partial charge in [0.1, 0.15) is 5.75 Å². The first-order valence-corrected chi connectivity index (χ1v) is 8.65. The Kier molecular flexibility index (Phi) is 4.07. The van der Waals surface area contributed by atoms with Gasteiger partial charge in [-0.25, -0.2) is 13.0 Å². The molecule has 11 heteroatoms. The molecule has 7 nitrogen and oxygen atoms in total. The minimum absolute atomic E-state index is 0.0171. The Morgan fingerprint density at radius 3 is 2.07 bits per heavy atom. The highest BCUT2D eigenvalue weighted by Gasteiger charge is 2.48. The average molecular weight is 401 g/mol.